The van der Waals surface area contributed by atoms with E-state index < -0.39 is 0 Å². The van der Waals surface area contributed by atoms with Gasteiger partial charge in [-0.1, -0.05) is 22.0 Å². The summed E-state index contributed by atoms with van der Waals surface area (Å²) < 4.78 is 0.952. The molecule has 11 heavy (non-hydrogen) atoms. The highest BCUT2D eigenvalue weighted by Crippen LogP contribution is 2.14. The van der Waals surface area contributed by atoms with E-state index in [2.05, 4.69) is 15.9 Å². The lowest BCUT2D eigenvalue weighted by Gasteiger charge is -2.02. The van der Waals surface area contributed by atoms with Crippen molar-refractivity contribution in [3.63, 3.8) is 0 Å². The second-order valence-corrected chi connectivity index (χ2v) is 3.29. The van der Waals surface area contributed by atoms with Crippen LogP contribution in [0.15, 0.2) is 22.7 Å². The lowest BCUT2D eigenvalue weighted by atomic mass is 10.1. The van der Waals surface area contributed by atoms with E-state index in [0.717, 1.165) is 15.6 Å². The van der Waals surface area contributed by atoms with E-state index in [-0.39, 0.29) is 5.84 Å². The summed E-state index contributed by atoms with van der Waals surface area (Å²) in [5.41, 5.74) is 7.17. The van der Waals surface area contributed by atoms with Crippen LogP contribution in [-0.2, 0) is 0 Å². The molecule has 1 rings (SSSR count). The van der Waals surface area contributed by atoms with Crippen LogP contribution in [0.4, 0.5) is 0 Å². The summed E-state index contributed by atoms with van der Waals surface area (Å²) in [7, 11) is 0. The van der Waals surface area contributed by atoms with Crippen LogP contribution >= 0.6 is 15.9 Å². The third kappa shape index (κ3) is 1.80. The van der Waals surface area contributed by atoms with Gasteiger partial charge in [0.05, 0.1) is 0 Å². The smallest absolute Gasteiger partial charge is 0.123 e. The minimum Gasteiger partial charge on any atom is -0.384 e. The Morgan fingerprint density at radius 1 is 1.55 bits per heavy atom. The number of amidine groups is 1. The highest BCUT2D eigenvalue weighted by molar-refractivity contribution is 9.10. The molecule has 0 amide bonds. The van der Waals surface area contributed by atoms with Gasteiger partial charge in [0.1, 0.15) is 5.84 Å². The Balaban J connectivity index is 3.23. The molecule has 0 saturated carbocycles. The van der Waals surface area contributed by atoms with Crippen molar-refractivity contribution in [2.45, 2.75) is 6.92 Å². The second kappa shape index (κ2) is 3.05. The SMILES string of the molecule is Cc1ccc(Br)cc1C(=N)N. The lowest BCUT2D eigenvalue weighted by Crippen LogP contribution is -2.12. The maximum absolute atomic E-state index is 7.23. The van der Waals surface area contributed by atoms with Gasteiger partial charge < -0.3 is 5.73 Å². The predicted octanol–water partition coefficient (Wildman–Crippen LogP) is 2.04. The normalized spacial score (nSPS) is 9.64. The molecule has 0 fully saturated rings. The quantitative estimate of drug-likeness (QED) is 0.544. The third-order valence-electron chi connectivity index (χ3n) is 1.49. The Hall–Kier alpha value is -0.830. The first-order chi connectivity index (χ1) is 5.11. The molecule has 0 bridgehead atoms. The van der Waals surface area contributed by atoms with Gasteiger partial charge in [-0.25, -0.2) is 0 Å². The molecule has 3 N–H and O–H groups in total. The fourth-order valence-electron chi connectivity index (χ4n) is 0.884. The molecule has 0 unspecified atom stereocenters. The van der Waals surface area contributed by atoms with Crippen molar-refractivity contribution in [2.75, 3.05) is 0 Å². The number of nitrogen functional groups attached to an aromatic ring is 1. The second-order valence-electron chi connectivity index (χ2n) is 2.37. The topological polar surface area (TPSA) is 49.9 Å². The van der Waals surface area contributed by atoms with Crippen molar-refractivity contribution in [3.8, 4) is 0 Å². The van der Waals surface area contributed by atoms with E-state index in [4.69, 9.17) is 11.1 Å². The largest absolute Gasteiger partial charge is 0.384 e. The van der Waals surface area contributed by atoms with E-state index in [1.54, 1.807) is 0 Å². The van der Waals surface area contributed by atoms with Gasteiger partial charge in [0, 0.05) is 10.0 Å². The van der Waals surface area contributed by atoms with Crippen LogP contribution in [0.1, 0.15) is 11.1 Å². The number of benzene rings is 1. The first-order valence-corrected chi connectivity index (χ1v) is 4.01. The summed E-state index contributed by atoms with van der Waals surface area (Å²) in [5.74, 6) is 0.115. The minimum atomic E-state index is 0.115. The number of hydrogen-bond donors (Lipinski definition) is 2. The van der Waals surface area contributed by atoms with Crippen molar-refractivity contribution in [2.24, 2.45) is 5.73 Å². The maximum atomic E-state index is 7.23. The van der Waals surface area contributed by atoms with Gasteiger partial charge in [-0.05, 0) is 24.6 Å². The zero-order chi connectivity index (χ0) is 8.43. The summed E-state index contributed by atoms with van der Waals surface area (Å²) in [6.45, 7) is 1.93. The van der Waals surface area contributed by atoms with Crippen LogP contribution in [0.3, 0.4) is 0 Å². The van der Waals surface area contributed by atoms with Crippen LogP contribution in [0.25, 0.3) is 0 Å². The number of nitrogens with two attached hydrogens (primary N) is 1. The fourth-order valence-corrected chi connectivity index (χ4v) is 1.25. The van der Waals surface area contributed by atoms with Crippen molar-refractivity contribution >= 4 is 21.8 Å². The van der Waals surface area contributed by atoms with E-state index in [0.29, 0.717) is 0 Å². The summed E-state index contributed by atoms with van der Waals surface area (Å²) in [4.78, 5) is 0. The molecular weight excluding hydrogens is 204 g/mol. The van der Waals surface area contributed by atoms with Crippen LogP contribution in [0.5, 0.6) is 0 Å². The first kappa shape index (κ1) is 8.27. The van der Waals surface area contributed by atoms with Gasteiger partial charge in [-0.15, -0.1) is 0 Å². The first-order valence-electron chi connectivity index (χ1n) is 3.22. The molecule has 0 radical (unpaired) electrons. The Kier molecular flexibility index (Phi) is 2.29. The van der Waals surface area contributed by atoms with Gasteiger partial charge in [-0.3, -0.25) is 5.41 Å². The minimum absolute atomic E-state index is 0.115. The van der Waals surface area contributed by atoms with Crippen LogP contribution in [0, 0.1) is 12.3 Å². The highest BCUT2D eigenvalue weighted by Gasteiger charge is 2.00. The van der Waals surface area contributed by atoms with E-state index >= 15 is 0 Å². The van der Waals surface area contributed by atoms with Gasteiger partial charge in [0.2, 0.25) is 0 Å². The number of aryl methyl sites for hydroxylation is 1. The van der Waals surface area contributed by atoms with Crippen molar-refractivity contribution < 1.29 is 0 Å². The zero-order valence-electron chi connectivity index (χ0n) is 6.19. The molecule has 0 aliphatic carbocycles. The summed E-state index contributed by atoms with van der Waals surface area (Å²) >= 11 is 3.31. The molecular formula is C8H9BrN2. The molecule has 1 aromatic rings. The molecule has 0 heterocycles. The summed E-state index contributed by atoms with van der Waals surface area (Å²) in [6.07, 6.45) is 0. The van der Waals surface area contributed by atoms with Crippen molar-refractivity contribution in [3.05, 3.63) is 33.8 Å². The monoisotopic (exact) mass is 212 g/mol. The third-order valence-corrected chi connectivity index (χ3v) is 1.98. The lowest BCUT2D eigenvalue weighted by molar-refractivity contribution is 1.36. The number of rotatable bonds is 1. The van der Waals surface area contributed by atoms with Gasteiger partial charge in [0.15, 0.2) is 0 Å². The van der Waals surface area contributed by atoms with Crippen molar-refractivity contribution in [1.82, 2.24) is 0 Å². The van der Waals surface area contributed by atoms with Gasteiger partial charge >= 0.3 is 0 Å². The number of nitrogens with one attached hydrogen (secondary N) is 1. The average molecular weight is 213 g/mol. The molecule has 0 spiro atoms. The molecule has 3 heteroatoms. The van der Waals surface area contributed by atoms with Crippen molar-refractivity contribution in [1.29, 1.82) is 5.41 Å². The summed E-state index contributed by atoms with van der Waals surface area (Å²) in [6, 6.07) is 5.71. The van der Waals surface area contributed by atoms with E-state index in [9.17, 15) is 0 Å². The molecule has 2 nitrogen and oxygen atoms in total. The van der Waals surface area contributed by atoms with Gasteiger partial charge in [-0.2, -0.15) is 0 Å². The van der Waals surface area contributed by atoms with Crippen LogP contribution < -0.4 is 5.73 Å². The number of halogens is 1. The molecule has 0 aromatic heterocycles. The van der Waals surface area contributed by atoms with E-state index in [1.807, 2.05) is 25.1 Å². The van der Waals surface area contributed by atoms with Gasteiger partial charge in [0.25, 0.3) is 0 Å². The number of hydrogen-bond acceptors (Lipinski definition) is 1. The predicted molar refractivity (Wildman–Crippen MR) is 49.9 cm³/mol. The molecule has 0 aliphatic heterocycles. The standard InChI is InChI=1S/C8H9BrN2/c1-5-2-3-6(9)4-7(5)8(10)11/h2-4H,1H3,(H3,10,11). The maximum Gasteiger partial charge on any atom is 0.123 e. The zero-order valence-corrected chi connectivity index (χ0v) is 7.77. The Morgan fingerprint density at radius 2 is 2.18 bits per heavy atom. The summed E-state index contributed by atoms with van der Waals surface area (Å²) in [5, 5.41) is 7.23. The Morgan fingerprint density at radius 3 is 2.64 bits per heavy atom. The molecule has 0 aliphatic rings. The van der Waals surface area contributed by atoms with E-state index in [1.165, 1.54) is 0 Å². The van der Waals surface area contributed by atoms with Crippen LogP contribution in [0.2, 0.25) is 0 Å². The molecule has 58 valence electrons. The molecule has 0 atom stereocenters. The Bertz CT molecular complexity index is 294. The average Bonchev–Trinajstić information content (AvgIpc) is 1.94. The fraction of sp³-hybridized carbons (Fsp3) is 0.125. The highest BCUT2D eigenvalue weighted by atomic mass is 79.9. The molecule has 0 saturated heterocycles. The van der Waals surface area contributed by atoms with Crippen LogP contribution in [-0.4, -0.2) is 5.84 Å². The molecule has 1 aromatic carbocycles. The Labute approximate surface area is 74.1 Å².